The van der Waals surface area contributed by atoms with Gasteiger partial charge >= 0.3 is 0 Å². The van der Waals surface area contributed by atoms with Crippen LogP contribution in [0, 0.1) is 0 Å². The molecule has 0 unspecified atom stereocenters. The molecule has 1 heterocycles. The van der Waals surface area contributed by atoms with Gasteiger partial charge in [0, 0.05) is 25.2 Å². The van der Waals surface area contributed by atoms with Gasteiger partial charge in [-0.2, -0.15) is 4.98 Å². The quantitative estimate of drug-likeness (QED) is 0.690. The molecule has 3 rings (SSSR count). The van der Waals surface area contributed by atoms with Crippen molar-refractivity contribution in [1.82, 2.24) is 15.0 Å². The molecular formula is C19H22N4O. The van der Waals surface area contributed by atoms with Gasteiger partial charge in [-0.25, -0.2) is 0 Å². The van der Waals surface area contributed by atoms with Crippen molar-refractivity contribution >= 4 is 0 Å². The highest BCUT2D eigenvalue weighted by Gasteiger charge is 2.12. The Hall–Kier alpha value is -2.50. The van der Waals surface area contributed by atoms with Crippen LogP contribution < -0.4 is 5.73 Å². The van der Waals surface area contributed by atoms with Crippen LogP contribution in [-0.4, -0.2) is 34.7 Å². The lowest BCUT2D eigenvalue weighted by Gasteiger charge is -2.19. The van der Waals surface area contributed by atoms with Crippen molar-refractivity contribution in [2.75, 3.05) is 19.6 Å². The summed E-state index contributed by atoms with van der Waals surface area (Å²) in [5.41, 5.74) is 8.02. The zero-order chi connectivity index (χ0) is 16.6. The number of nitrogens with zero attached hydrogens (tertiary/aromatic N) is 3. The summed E-state index contributed by atoms with van der Waals surface area (Å²) in [4.78, 5) is 6.74. The van der Waals surface area contributed by atoms with Crippen LogP contribution in [0.5, 0.6) is 0 Å². The Labute approximate surface area is 142 Å². The molecule has 1 aromatic heterocycles. The van der Waals surface area contributed by atoms with Gasteiger partial charge < -0.3 is 10.3 Å². The van der Waals surface area contributed by atoms with Crippen molar-refractivity contribution in [3.8, 4) is 11.4 Å². The lowest BCUT2D eigenvalue weighted by atomic mass is 10.1. The third-order valence-electron chi connectivity index (χ3n) is 3.86. The number of nitrogens with two attached hydrogens (primary N) is 1. The van der Waals surface area contributed by atoms with Gasteiger partial charge in [-0.1, -0.05) is 65.8 Å². The van der Waals surface area contributed by atoms with Crippen molar-refractivity contribution in [3.05, 3.63) is 72.1 Å². The maximum Gasteiger partial charge on any atom is 0.241 e. The van der Waals surface area contributed by atoms with Gasteiger partial charge in [0.15, 0.2) is 0 Å². The topological polar surface area (TPSA) is 68.2 Å². The fourth-order valence-corrected chi connectivity index (χ4v) is 2.60. The molecule has 0 bridgehead atoms. The van der Waals surface area contributed by atoms with Gasteiger partial charge in [0.05, 0.1) is 6.54 Å². The Balaban J connectivity index is 1.62. The lowest BCUT2D eigenvalue weighted by Crippen LogP contribution is -2.31. The van der Waals surface area contributed by atoms with E-state index in [4.69, 9.17) is 10.3 Å². The number of hydrogen-bond acceptors (Lipinski definition) is 5. The second-order valence-corrected chi connectivity index (χ2v) is 5.68. The smallest absolute Gasteiger partial charge is 0.241 e. The van der Waals surface area contributed by atoms with Crippen LogP contribution in [0.2, 0.25) is 0 Å². The lowest BCUT2D eigenvalue weighted by molar-refractivity contribution is 0.234. The van der Waals surface area contributed by atoms with E-state index in [0.717, 1.165) is 25.1 Å². The minimum atomic E-state index is 0.606. The molecule has 0 radical (unpaired) electrons. The van der Waals surface area contributed by atoms with Gasteiger partial charge in [-0.15, -0.1) is 0 Å². The zero-order valence-corrected chi connectivity index (χ0v) is 13.6. The third kappa shape index (κ3) is 4.50. The van der Waals surface area contributed by atoms with Gasteiger partial charge in [0.2, 0.25) is 11.7 Å². The summed E-state index contributed by atoms with van der Waals surface area (Å²) in [6, 6.07) is 20.3. The standard InChI is InChI=1S/C19H22N4O/c20-12-14-23(13-11-16-7-3-1-4-8-16)15-18-21-19(22-24-18)17-9-5-2-6-10-17/h1-10H,11-15,20H2. The number of benzene rings is 2. The third-order valence-corrected chi connectivity index (χ3v) is 3.86. The van der Waals surface area contributed by atoms with E-state index in [2.05, 4.69) is 39.3 Å². The molecule has 0 saturated heterocycles. The first-order valence-corrected chi connectivity index (χ1v) is 8.19. The first-order chi connectivity index (χ1) is 11.8. The van der Waals surface area contributed by atoms with Crippen LogP contribution in [0.25, 0.3) is 11.4 Å². The van der Waals surface area contributed by atoms with Crippen LogP contribution in [0.15, 0.2) is 65.2 Å². The van der Waals surface area contributed by atoms with Crippen molar-refractivity contribution < 1.29 is 4.52 Å². The van der Waals surface area contributed by atoms with Crippen LogP contribution in [0.1, 0.15) is 11.5 Å². The molecular weight excluding hydrogens is 300 g/mol. The number of aromatic nitrogens is 2. The van der Waals surface area contributed by atoms with Crippen LogP contribution in [-0.2, 0) is 13.0 Å². The molecule has 5 heteroatoms. The first-order valence-electron chi connectivity index (χ1n) is 8.19. The normalized spacial score (nSPS) is 11.1. The molecule has 0 saturated carbocycles. The average Bonchev–Trinajstić information content (AvgIpc) is 3.10. The summed E-state index contributed by atoms with van der Waals surface area (Å²) < 4.78 is 5.40. The summed E-state index contributed by atoms with van der Waals surface area (Å²) in [5.74, 6) is 1.25. The molecule has 0 aliphatic heterocycles. The summed E-state index contributed by atoms with van der Waals surface area (Å²) in [6.45, 7) is 2.93. The molecule has 0 aliphatic rings. The zero-order valence-electron chi connectivity index (χ0n) is 13.6. The predicted octanol–water partition coefficient (Wildman–Crippen LogP) is 2.74. The number of hydrogen-bond donors (Lipinski definition) is 1. The molecule has 2 N–H and O–H groups in total. The van der Waals surface area contributed by atoms with Crippen molar-refractivity contribution in [2.45, 2.75) is 13.0 Å². The van der Waals surface area contributed by atoms with E-state index in [1.54, 1.807) is 0 Å². The molecule has 0 fully saturated rings. The van der Waals surface area contributed by atoms with E-state index in [0.29, 0.717) is 24.8 Å². The Bertz CT molecular complexity index is 727. The maximum atomic E-state index is 5.74. The van der Waals surface area contributed by atoms with Crippen LogP contribution in [0.4, 0.5) is 0 Å². The highest BCUT2D eigenvalue weighted by Crippen LogP contribution is 2.15. The van der Waals surface area contributed by atoms with Gasteiger partial charge in [0.1, 0.15) is 0 Å². The van der Waals surface area contributed by atoms with E-state index in [1.807, 2.05) is 36.4 Å². The first kappa shape index (κ1) is 16.4. The Morgan fingerprint density at radius 2 is 1.62 bits per heavy atom. The highest BCUT2D eigenvalue weighted by molar-refractivity contribution is 5.53. The van der Waals surface area contributed by atoms with E-state index in [-0.39, 0.29) is 0 Å². The summed E-state index contributed by atoms with van der Waals surface area (Å²) in [5, 5.41) is 4.07. The second-order valence-electron chi connectivity index (χ2n) is 5.68. The SMILES string of the molecule is NCCN(CCc1ccccc1)Cc1nc(-c2ccccc2)no1. The van der Waals surface area contributed by atoms with E-state index in [9.17, 15) is 0 Å². The molecule has 2 aromatic carbocycles. The van der Waals surface area contributed by atoms with Gasteiger partial charge in [-0.05, 0) is 12.0 Å². The van der Waals surface area contributed by atoms with Crippen molar-refractivity contribution in [3.63, 3.8) is 0 Å². The minimum absolute atomic E-state index is 0.606. The minimum Gasteiger partial charge on any atom is -0.338 e. The molecule has 5 nitrogen and oxygen atoms in total. The molecule has 124 valence electrons. The Kier molecular flexibility index (Phi) is 5.71. The molecule has 3 aromatic rings. The number of rotatable bonds is 8. The molecule has 0 amide bonds. The van der Waals surface area contributed by atoms with Gasteiger partial charge in [0.25, 0.3) is 0 Å². The molecule has 0 aliphatic carbocycles. The van der Waals surface area contributed by atoms with Crippen LogP contribution >= 0.6 is 0 Å². The second kappa shape index (κ2) is 8.38. The maximum absolute atomic E-state index is 5.74. The summed E-state index contributed by atoms with van der Waals surface area (Å²) in [6.07, 6.45) is 0.973. The van der Waals surface area contributed by atoms with Gasteiger partial charge in [-0.3, -0.25) is 4.90 Å². The Morgan fingerprint density at radius 1 is 0.917 bits per heavy atom. The summed E-state index contributed by atoms with van der Waals surface area (Å²) >= 11 is 0. The monoisotopic (exact) mass is 322 g/mol. The fourth-order valence-electron chi connectivity index (χ4n) is 2.60. The Morgan fingerprint density at radius 3 is 2.33 bits per heavy atom. The van der Waals surface area contributed by atoms with E-state index >= 15 is 0 Å². The van der Waals surface area contributed by atoms with Crippen molar-refractivity contribution in [1.29, 1.82) is 0 Å². The predicted molar refractivity (Wildman–Crippen MR) is 94.2 cm³/mol. The fraction of sp³-hybridized carbons (Fsp3) is 0.263. The van der Waals surface area contributed by atoms with E-state index in [1.165, 1.54) is 5.56 Å². The summed E-state index contributed by atoms with van der Waals surface area (Å²) in [7, 11) is 0. The van der Waals surface area contributed by atoms with E-state index < -0.39 is 0 Å². The largest absolute Gasteiger partial charge is 0.338 e. The molecule has 0 atom stereocenters. The average molecular weight is 322 g/mol. The molecule has 24 heavy (non-hydrogen) atoms. The highest BCUT2D eigenvalue weighted by atomic mass is 16.5. The molecule has 0 spiro atoms. The van der Waals surface area contributed by atoms with Crippen LogP contribution in [0.3, 0.4) is 0 Å². The van der Waals surface area contributed by atoms with Crippen molar-refractivity contribution in [2.24, 2.45) is 5.73 Å².